The van der Waals surface area contributed by atoms with Crippen molar-refractivity contribution in [1.82, 2.24) is 0 Å². The molecule has 1 nitrogen and oxygen atoms in total. The highest BCUT2D eigenvalue weighted by Gasteiger charge is 2.47. The Morgan fingerprint density at radius 2 is 0.512 bits per heavy atom. The lowest BCUT2D eigenvalue weighted by Gasteiger charge is -2.46. The van der Waals surface area contributed by atoms with Gasteiger partial charge in [0.05, 0.1) is 44.5 Å². The fraction of sp³-hybridized carbons (Fsp3) is 0.167. The number of fused-ring (bicyclic) bond motifs is 1. The van der Waals surface area contributed by atoms with Crippen LogP contribution in [0.3, 0.4) is 0 Å². The fourth-order valence-electron chi connectivity index (χ4n) is 9.09. The summed E-state index contributed by atoms with van der Waals surface area (Å²) in [7, 11) is 0. The van der Waals surface area contributed by atoms with Gasteiger partial charge in [0.1, 0.15) is 6.15 Å². The highest BCUT2D eigenvalue weighted by Crippen LogP contribution is 2.42. The third-order valence-corrected chi connectivity index (χ3v) is 12.6. The van der Waals surface area contributed by atoms with Crippen molar-refractivity contribution in [3.63, 3.8) is 0 Å². The maximum atomic E-state index is 14.2. The predicted octanol–water partition coefficient (Wildman–Crippen LogP) is 16.0. The Bertz CT molecular complexity index is 3000. The van der Waals surface area contributed by atoms with Gasteiger partial charge in [-0.05, 0) is 53.6 Å². The molecule has 0 atom stereocenters. The molecule has 0 N–H and O–H groups in total. The van der Waals surface area contributed by atoms with Crippen molar-refractivity contribution in [3.05, 3.63) is 220 Å². The third kappa shape index (κ3) is 13.3. The monoisotopic (exact) mass is 1160 g/mol. The molecule has 0 saturated heterocycles. The van der Waals surface area contributed by atoms with Crippen LogP contribution in [-0.2, 0) is 56.0 Å². The van der Waals surface area contributed by atoms with E-state index in [2.05, 4.69) is 102 Å². The first kappa shape index (κ1) is 60.0. The van der Waals surface area contributed by atoms with Gasteiger partial charge >= 0.3 is 49.4 Å². The normalized spacial score (nSPS) is 13.3. The van der Waals surface area contributed by atoms with Crippen LogP contribution < -0.4 is 26.4 Å². The van der Waals surface area contributed by atoms with Crippen molar-refractivity contribution in [2.75, 3.05) is 0 Å². The first-order valence-corrected chi connectivity index (χ1v) is 22.5. The molecule has 5 aromatic carbocycles. The Kier molecular flexibility index (Phi) is 15.8. The summed E-state index contributed by atoms with van der Waals surface area (Å²) in [4.78, 5) is 0. The highest BCUT2D eigenvalue weighted by atomic mass is 19.4. The molecule has 26 heteroatoms. The summed E-state index contributed by atoms with van der Waals surface area (Å²) in [5, 5.41) is 0. The Morgan fingerprint density at radius 1 is 0.263 bits per heavy atom. The molecule has 80 heavy (non-hydrogen) atoms. The first-order valence-electron chi connectivity index (χ1n) is 22.5. The quantitative estimate of drug-likeness (QED) is 0.0851. The lowest BCUT2D eigenvalue weighted by atomic mass is 9.12. The Morgan fingerprint density at radius 3 is 0.775 bits per heavy atom. The van der Waals surface area contributed by atoms with Crippen LogP contribution in [-0.4, -0.2) is 6.15 Å². The summed E-state index contributed by atoms with van der Waals surface area (Å²) in [5.41, 5.74) is -23.8. The topological polar surface area (TPSA) is 3.88 Å². The number of hydrogen-bond donors (Lipinski definition) is 0. The lowest BCUT2D eigenvalue weighted by molar-refractivity contribution is -0.677. The van der Waals surface area contributed by atoms with E-state index in [9.17, 15) is 105 Å². The van der Waals surface area contributed by atoms with Crippen molar-refractivity contribution in [2.45, 2.75) is 56.0 Å². The molecule has 1 aromatic heterocycles. The summed E-state index contributed by atoms with van der Waals surface area (Å²) in [6.45, 7) is 0.881. The largest absolute Gasteiger partial charge is 0.416 e. The summed E-state index contributed by atoms with van der Waals surface area (Å²) in [5.74, 6) is 0. The van der Waals surface area contributed by atoms with Gasteiger partial charge in [0.15, 0.2) is 12.7 Å². The number of aromatic nitrogens is 1. The van der Waals surface area contributed by atoms with Gasteiger partial charge in [-0.1, -0.05) is 109 Å². The Labute approximate surface area is 435 Å². The Balaban J connectivity index is 0.000000329. The molecule has 0 unspecified atom stereocenters. The maximum Gasteiger partial charge on any atom is 0.416 e. The molecule has 8 rings (SSSR count). The smallest absolute Gasteiger partial charge is 0.194 e. The standard InChI is InChI=1S/C32H12BF24.C22H18N/c34-25(35,36)13-1-14(26(37,38)39)6-21(5-13)33(22-7-15(27(40,41)42)2-16(8-22)28(43,44)45,23-9-17(29(46,47)48)3-18(10-23)30(49,50)51)24-11-19(31(52,53)54)4-20(12-24)32(55,56)57;1-3-9-18(10-4-1)17-23-14-8-7-13-22(23)21-15-19-11-5-2-6-12-20(19)16-21/h1-12H;1-16H,17H2/q-1;+1. The summed E-state index contributed by atoms with van der Waals surface area (Å²) >= 11 is 0. The fourth-order valence-corrected chi connectivity index (χ4v) is 9.09. The van der Waals surface area contributed by atoms with Crippen molar-refractivity contribution < 1.29 is 110 Å². The number of halogens is 24. The van der Waals surface area contributed by atoms with Gasteiger partial charge in [-0.25, -0.2) is 0 Å². The summed E-state index contributed by atoms with van der Waals surface area (Å²) in [6.07, 6.45) is -52.7. The van der Waals surface area contributed by atoms with E-state index >= 15 is 0 Å². The number of nitrogens with zero attached hydrogens (tertiary/aromatic N) is 1. The van der Waals surface area contributed by atoms with E-state index in [0.29, 0.717) is 0 Å². The SMILES string of the molecule is FC(F)(F)c1cc([B-](c2cc(C(F)(F)F)cc(C(F)(F)F)c2)(c2cc(C(F)(F)F)cc(C(F)(F)F)c2)c2cc(C(F)(F)F)cc(C(F)(F)F)c2)cc(C(F)(F)F)c1.c1ccc(C[n+]2ccccc2-c2cc3cccccc-3c2)cc1. The minimum absolute atomic E-state index is 0.691. The molecule has 0 bridgehead atoms. The second-order valence-corrected chi connectivity index (χ2v) is 18.0. The van der Waals surface area contributed by atoms with E-state index in [-0.39, 0.29) is 0 Å². The van der Waals surface area contributed by atoms with E-state index in [1.807, 2.05) is 0 Å². The van der Waals surface area contributed by atoms with Crippen LogP contribution in [0.1, 0.15) is 50.1 Å². The van der Waals surface area contributed by atoms with Crippen LogP contribution in [0.25, 0.3) is 22.4 Å². The number of benzene rings is 5. The summed E-state index contributed by atoms with van der Waals surface area (Å²) < 4.78 is 343. The molecule has 0 aliphatic heterocycles. The molecular weight excluding hydrogens is 1130 g/mol. The van der Waals surface area contributed by atoms with Gasteiger partial charge in [0.2, 0.25) is 5.69 Å². The number of pyridine rings is 1. The van der Waals surface area contributed by atoms with E-state index in [4.69, 9.17) is 0 Å². The maximum absolute atomic E-state index is 14.2. The van der Waals surface area contributed by atoms with Crippen LogP contribution in [0.4, 0.5) is 105 Å². The molecule has 0 amide bonds. The number of alkyl halides is 24. The van der Waals surface area contributed by atoms with E-state index < -0.39 is 195 Å². The second-order valence-electron chi connectivity index (χ2n) is 18.0. The van der Waals surface area contributed by atoms with Crippen molar-refractivity contribution in [3.8, 4) is 22.4 Å². The van der Waals surface area contributed by atoms with Crippen LogP contribution in [0, 0.1) is 0 Å². The van der Waals surface area contributed by atoms with Crippen molar-refractivity contribution >= 4 is 28.0 Å². The molecule has 1 heterocycles. The van der Waals surface area contributed by atoms with Crippen LogP contribution in [0.15, 0.2) is 170 Å². The van der Waals surface area contributed by atoms with Gasteiger partial charge in [0.25, 0.3) is 0 Å². The number of rotatable bonds is 7. The van der Waals surface area contributed by atoms with Crippen LogP contribution >= 0.6 is 0 Å². The lowest BCUT2D eigenvalue weighted by Crippen LogP contribution is -2.75. The molecule has 2 aliphatic carbocycles. The molecule has 0 fully saturated rings. The van der Waals surface area contributed by atoms with E-state index in [0.717, 1.165) is 6.54 Å². The second kappa shape index (κ2) is 21.1. The third-order valence-electron chi connectivity index (χ3n) is 12.6. The zero-order valence-electron chi connectivity index (χ0n) is 39.5. The first-order chi connectivity index (χ1) is 36.7. The Hall–Kier alpha value is -7.67. The molecule has 6 aromatic rings. The van der Waals surface area contributed by atoms with Crippen LogP contribution in [0.5, 0.6) is 0 Å². The van der Waals surface area contributed by atoms with Gasteiger partial charge in [0, 0.05) is 23.3 Å². The molecule has 422 valence electrons. The van der Waals surface area contributed by atoms with Gasteiger partial charge < -0.3 is 0 Å². The zero-order valence-corrected chi connectivity index (χ0v) is 39.5. The highest BCUT2D eigenvalue weighted by molar-refractivity contribution is 7.20. The van der Waals surface area contributed by atoms with Gasteiger partial charge in [-0.15, -0.1) is 0 Å². The molecule has 0 spiro atoms. The average Bonchev–Trinajstić information content (AvgIpc) is 3.73. The average molecular weight is 1160 g/mol. The zero-order chi connectivity index (χ0) is 59.4. The van der Waals surface area contributed by atoms with Crippen molar-refractivity contribution in [1.29, 1.82) is 0 Å². The van der Waals surface area contributed by atoms with Gasteiger partial charge in [-0.2, -0.15) is 132 Å². The number of hydrogen-bond acceptors (Lipinski definition) is 0. The van der Waals surface area contributed by atoms with Crippen molar-refractivity contribution in [2.24, 2.45) is 0 Å². The minimum atomic E-state index is -6.13. The molecular formula is C54H30BF24N. The van der Waals surface area contributed by atoms with Gasteiger partial charge in [-0.3, -0.25) is 0 Å². The molecule has 0 radical (unpaired) electrons. The van der Waals surface area contributed by atoms with Crippen LogP contribution in [0.2, 0.25) is 0 Å². The minimum Gasteiger partial charge on any atom is -0.194 e. The summed E-state index contributed by atoms with van der Waals surface area (Å²) in [6, 6.07) is 23.3. The molecule has 2 aliphatic rings. The predicted molar refractivity (Wildman–Crippen MR) is 244 cm³/mol. The van der Waals surface area contributed by atoms with E-state index in [1.165, 1.54) is 27.9 Å². The van der Waals surface area contributed by atoms with E-state index in [1.54, 1.807) is 0 Å². The molecule has 0 saturated carbocycles.